The van der Waals surface area contributed by atoms with Crippen LogP contribution in [-0.2, 0) is 0 Å². The van der Waals surface area contributed by atoms with Crippen LogP contribution in [0.5, 0.6) is 0 Å². The molecule has 0 radical (unpaired) electrons. The molecule has 0 bridgehead atoms. The van der Waals surface area contributed by atoms with Crippen molar-refractivity contribution in [1.29, 1.82) is 0 Å². The highest BCUT2D eigenvalue weighted by Crippen LogP contribution is 2.29. The summed E-state index contributed by atoms with van der Waals surface area (Å²) in [7, 11) is 0. The molecule has 6 nitrogen and oxygen atoms in total. The fourth-order valence-electron chi connectivity index (χ4n) is 2.98. The Hall–Kier alpha value is -2.96. The SMILES string of the molecule is Cc1ccc(F)c(NC(=O)c2cc([N+](=O)[O-])ccc2N2CCCC2)c1. The number of nitrogens with one attached hydrogen (secondary N) is 1. The summed E-state index contributed by atoms with van der Waals surface area (Å²) in [6.07, 6.45) is 2.01. The Kier molecular flexibility index (Phi) is 4.65. The predicted molar refractivity (Wildman–Crippen MR) is 93.6 cm³/mol. The Bertz CT molecular complexity index is 832. The van der Waals surface area contributed by atoms with Gasteiger partial charge >= 0.3 is 0 Å². The molecule has 2 aromatic rings. The molecule has 1 saturated heterocycles. The standard InChI is InChI=1S/C18H18FN3O3/c1-12-4-6-15(19)16(10-12)20-18(23)14-11-13(22(24)25)5-7-17(14)21-8-2-3-9-21/h4-7,10-11H,2-3,8-9H2,1H3,(H,20,23). The number of rotatable bonds is 4. The Balaban J connectivity index is 1.97. The Morgan fingerprint density at radius 2 is 1.92 bits per heavy atom. The van der Waals surface area contributed by atoms with Gasteiger partial charge in [0.25, 0.3) is 11.6 Å². The minimum absolute atomic E-state index is 0.0591. The number of anilines is 2. The van der Waals surface area contributed by atoms with Crippen molar-refractivity contribution in [3.8, 4) is 0 Å². The average Bonchev–Trinajstić information content (AvgIpc) is 3.12. The first-order valence-corrected chi connectivity index (χ1v) is 8.06. The molecule has 0 aliphatic carbocycles. The van der Waals surface area contributed by atoms with E-state index in [4.69, 9.17) is 0 Å². The first-order chi connectivity index (χ1) is 12.0. The van der Waals surface area contributed by atoms with Crippen molar-refractivity contribution in [1.82, 2.24) is 0 Å². The minimum Gasteiger partial charge on any atom is -0.371 e. The highest BCUT2D eigenvalue weighted by atomic mass is 19.1. The maximum atomic E-state index is 13.9. The Morgan fingerprint density at radius 1 is 1.20 bits per heavy atom. The summed E-state index contributed by atoms with van der Waals surface area (Å²) >= 11 is 0. The molecule has 3 rings (SSSR count). The molecule has 1 aliphatic heterocycles. The number of hydrogen-bond donors (Lipinski definition) is 1. The first kappa shape index (κ1) is 16.9. The van der Waals surface area contributed by atoms with Crippen LogP contribution in [-0.4, -0.2) is 23.9 Å². The molecule has 1 N–H and O–H groups in total. The van der Waals surface area contributed by atoms with Gasteiger partial charge in [-0.15, -0.1) is 0 Å². The zero-order valence-electron chi connectivity index (χ0n) is 13.8. The van der Waals surface area contributed by atoms with Gasteiger partial charge in [0.1, 0.15) is 5.82 Å². The minimum atomic E-state index is -0.560. The van der Waals surface area contributed by atoms with E-state index >= 15 is 0 Å². The van der Waals surface area contributed by atoms with Crippen LogP contribution in [0.4, 0.5) is 21.5 Å². The summed E-state index contributed by atoms with van der Waals surface area (Å²) in [4.78, 5) is 25.2. The average molecular weight is 343 g/mol. The number of aryl methyl sites for hydroxylation is 1. The zero-order chi connectivity index (χ0) is 18.0. The highest BCUT2D eigenvalue weighted by molar-refractivity contribution is 6.08. The molecule has 2 aromatic carbocycles. The topological polar surface area (TPSA) is 75.5 Å². The molecule has 0 aromatic heterocycles. The number of amides is 1. The van der Waals surface area contributed by atoms with Crippen LogP contribution < -0.4 is 10.2 Å². The fourth-order valence-corrected chi connectivity index (χ4v) is 2.98. The van der Waals surface area contributed by atoms with Gasteiger partial charge in [0.2, 0.25) is 0 Å². The van der Waals surface area contributed by atoms with Crippen molar-refractivity contribution in [2.75, 3.05) is 23.3 Å². The quantitative estimate of drug-likeness (QED) is 0.675. The van der Waals surface area contributed by atoms with E-state index in [1.165, 1.54) is 24.3 Å². The number of carbonyl (C=O) groups is 1. The van der Waals surface area contributed by atoms with E-state index in [1.54, 1.807) is 19.1 Å². The number of non-ortho nitro benzene ring substituents is 1. The molecule has 1 heterocycles. The van der Waals surface area contributed by atoms with Crippen molar-refractivity contribution < 1.29 is 14.1 Å². The van der Waals surface area contributed by atoms with Crippen molar-refractivity contribution in [2.24, 2.45) is 0 Å². The predicted octanol–water partition coefficient (Wildman–Crippen LogP) is 3.89. The fraction of sp³-hybridized carbons (Fsp3) is 0.278. The van der Waals surface area contributed by atoms with E-state index in [2.05, 4.69) is 5.32 Å². The second-order valence-corrected chi connectivity index (χ2v) is 6.09. The van der Waals surface area contributed by atoms with E-state index in [0.717, 1.165) is 31.5 Å². The monoisotopic (exact) mass is 343 g/mol. The third-order valence-corrected chi connectivity index (χ3v) is 4.25. The summed E-state index contributed by atoms with van der Waals surface area (Å²) < 4.78 is 13.9. The third-order valence-electron chi connectivity index (χ3n) is 4.25. The molecular weight excluding hydrogens is 325 g/mol. The molecule has 1 fully saturated rings. The molecular formula is C18H18FN3O3. The normalized spacial score (nSPS) is 13.8. The Morgan fingerprint density at radius 3 is 2.60 bits per heavy atom. The number of carbonyl (C=O) groups excluding carboxylic acids is 1. The number of nitro groups is 1. The van der Waals surface area contributed by atoms with Gasteiger partial charge < -0.3 is 10.2 Å². The smallest absolute Gasteiger partial charge is 0.270 e. The second-order valence-electron chi connectivity index (χ2n) is 6.09. The zero-order valence-corrected chi connectivity index (χ0v) is 13.8. The molecule has 130 valence electrons. The van der Waals surface area contributed by atoms with E-state index in [1.807, 2.05) is 4.90 Å². The lowest BCUT2D eigenvalue weighted by Gasteiger charge is -2.21. The van der Waals surface area contributed by atoms with Crippen LogP contribution >= 0.6 is 0 Å². The van der Waals surface area contributed by atoms with Crippen LogP contribution in [0.3, 0.4) is 0 Å². The molecule has 0 unspecified atom stereocenters. The van der Waals surface area contributed by atoms with Gasteiger partial charge in [-0.05, 0) is 43.5 Å². The van der Waals surface area contributed by atoms with Gasteiger partial charge in [-0.2, -0.15) is 0 Å². The summed E-state index contributed by atoms with van der Waals surface area (Å²) in [6.45, 7) is 3.37. The van der Waals surface area contributed by atoms with E-state index in [-0.39, 0.29) is 16.9 Å². The number of benzene rings is 2. The molecule has 0 saturated carbocycles. The number of hydrogen-bond acceptors (Lipinski definition) is 4. The number of nitro benzene ring substituents is 1. The number of nitrogens with zero attached hydrogens (tertiary/aromatic N) is 2. The van der Waals surface area contributed by atoms with Gasteiger partial charge in [-0.3, -0.25) is 14.9 Å². The van der Waals surface area contributed by atoms with Crippen LogP contribution in [0.1, 0.15) is 28.8 Å². The summed E-state index contributed by atoms with van der Waals surface area (Å²) in [5.41, 5.74) is 1.50. The van der Waals surface area contributed by atoms with Gasteiger partial charge in [0.15, 0.2) is 0 Å². The van der Waals surface area contributed by atoms with Gasteiger partial charge in [0, 0.05) is 25.2 Å². The summed E-state index contributed by atoms with van der Waals surface area (Å²) in [5, 5.41) is 13.6. The molecule has 0 atom stereocenters. The van der Waals surface area contributed by atoms with Crippen LogP contribution in [0.15, 0.2) is 36.4 Å². The van der Waals surface area contributed by atoms with Crippen molar-refractivity contribution >= 4 is 23.0 Å². The molecule has 25 heavy (non-hydrogen) atoms. The molecule has 0 spiro atoms. The third kappa shape index (κ3) is 3.60. The van der Waals surface area contributed by atoms with Crippen molar-refractivity contribution in [3.05, 3.63) is 63.5 Å². The molecule has 7 heteroatoms. The number of halogens is 1. The summed E-state index contributed by atoms with van der Waals surface area (Å²) in [6, 6.07) is 8.63. The first-order valence-electron chi connectivity index (χ1n) is 8.06. The van der Waals surface area contributed by atoms with E-state index < -0.39 is 16.6 Å². The van der Waals surface area contributed by atoms with Crippen LogP contribution in [0.25, 0.3) is 0 Å². The lowest BCUT2D eigenvalue weighted by atomic mass is 10.1. The lowest BCUT2D eigenvalue weighted by molar-refractivity contribution is -0.384. The van der Waals surface area contributed by atoms with Gasteiger partial charge in [-0.25, -0.2) is 4.39 Å². The Labute approximate surface area is 144 Å². The van der Waals surface area contributed by atoms with E-state index in [9.17, 15) is 19.3 Å². The van der Waals surface area contributed by atoms with Gasteiger partial charge in [0.05, 0.1) is 21.9 Å². The van der Waals surface area contributed by atoms with E-state index in [0.29, 0.717) is 5.69 Å². The summed E-state index contributed by atoms with van der Waals surface area (Å²) in [5.74, 6) is -1.11. The maximum Gasteiger partial charge on any atom is 0.270 e. The maximum absolute atomic E-state index is 13.9. The second kappa shape index (κ2) is 6.88. The highest BCUT2D eigenvalue weighted by Gasteiger charge is 2.23. The molecule has 1 amide bonds. The van der Waals surface area contributed by atoms with Crippen LogP contribution in [0, 0.1) is 22.9 Å². The lowest BCUT2D eigenvalue weighted by Crippen LogP contribution is -2.23. The largest absolute Gasteiger partial charge is 0.371 e. The van der Waals surface area contributed by atoms with Crippen molar-refractivity contribution in [2.45, 2.75) is 19.8 Å². The van der Waals surface area contributed by atoms with Gasteiger partial charge in [-0.1, -0.05) is 6.07 Å². The van der Waals surface area contributed by atoms with Crippen molar-refractivity contribution in [3.63, 3.8) is 0 Å². The van der Waals surface area contributed by atoms with Crippen LogP contribution in [0.2, 0.25) is 0 Å². The molecule has 1 aliphatic rings.